The predicted octanol–water partition coefficient (Wildman–Crippen LogP) is 1.37. The van der Waals surface area contributed by atoms with Gasteiger partial charge in [-0.2, -0.15) is 0 Å². The largest absolute Gasteiger partial charge is 0.481 e. The Hall–Kier alpha value is -0.870. The van der Waals surface area contributed by atoms with Crippen molar-refractivity contribution in [2.45, 2.75) is 26.8 Å². The van der Waals surface area contributed by atoms with Crippen LogP contribution in [0.1, 0.15) is 20.8 Å². The highest BCUT2D eigenvalue weighted by Gasteiger charge is 2.36. The Bertz CT molecular complexity index is 271. The third-order valence-electron chi connectivity index (χ3n) is 2.98. The number of rotatable bonds is 5. The van der Waals surface area contributed by atoms with Crippen molar-refractivity contribution in [3.63, 3.8) is 0 Å². The van der Waals surface area contributed by atoms with Gasteiger partial charge in [0.2, 0.25) is 0 Å². The molecule has 1 rings (SSSR count). The predicted molar refractivity (Wildman–Crippen MR) is 62.4 cm³/mol. The minimum atomic E-state index is -0.752. The van der Waals surface area contributed by atoms with E-state index in [0.29, 0.717) is 13.2 Å². The molecule has 1 heterocycles. The zero-order valence-corrected chi connectivity index (χ0v) is 10.3. The van der Waals surface area contributed by atoms with E-state index in [9.17, 15) is 4.79 Å². The summed E-state index contributed by atoms with van der Waals surface area (Å²) in [5.74, 6) is -1.14. The SMILES string of the molecule is CCN(CC=C(C)C)C1COCC1C(=O)O. The average molecular weight is 227 g/mol. The molecule has 0 aromatic heterocycles. The van der Waals surface area contributed by atoms with E-state index in [-0.39, 0.29) is 12.0 Å². The molecule has 1 N–H and O–H groups in total. The molecule has 1 fully saturated rings. The molecule has 92 valence electrons. The molecular weight excluding hydrogens is 206 g/mol. The number of carbonyl (C=O) groups is 1. The van der Waals surface area contributed by atoms with E-state index in [1.54, 1.807) is 0 Å². The van der Waals surface area contributed by atoms with E-state index >= 15 is 0 Å². The molecular formula is C12H21NO3. The molecule has 0 bridgehead atoms. The van der Waals surface area contributed by atoms with Gasteiger partial charge in [-0.15, -0.1) is 0 Å². The summed E-state index contributed by atoms with van der Waals surface area (Å²) in [5, 5.41) is 9.08. The van der Waals surface area contributed by atoms with Gasteiger partial charge in [0.15, 0.2) is 0 Å². The summed E-state index contributed by atoms with van der Waals surface area (Å²) in [7, 11) is 0. The van der Waals surface area contributed by atoms with Gasteiger partial charge in [-0.25, -0.2) is 0 Å². The maximum Gasteiger partial charge on any atom is 0.310 e. The molecule has 0 radical (unpaired) electrons. The fourth-order valence-electron chi connectivity index (χ4n) is 1.94. The Labute approximate surface area is 96.9 Å². The lowest BCUT2D eigenvalue weighted by molar-refractivity contribution is -0.143. The van der Waals surface area contributed by atoms with Gasteiger partial charge in [0.05, 0.1) is 19.1 Å². The van der Waals surface area contributed by atoms with E-state index in [4.69, 9.17) is 9.84 Å². The smallest absolute Gasteiger partial charge is 0.310 e. The first-order chi connectivity index (χ1) is 7.56. The quantitative estimate of drug-likeness (QED) is 0.721. The zero-order valence-electron chi connectivity index (χ0n) is 10.3. The summed E-state index contributed by atoms with van der Waals surface area (Å²) in [5.41, 5.74) is 1.25. The summed E-state index contributed by atoms with van der Waals surface area (Å²) < 4.78 is 5.28. The van der Waals surface area contributed by atoms with Gasteiger partial charge in [-0.1, -0.05) is 18.6 Å². The number of carboxylic acids is 1. The number of carboxylic acid groups (broad SMARTS) is 1. The van der Waals surface area contributed by atoms with Crippen LogP contribution in [0.25, 0.3) is 0 Å². The van der Waals surface area contributed by atoms with Gasteiger partial charge in [-0.3, -0.25) is 9.69 Å². The van der Waals surface area contributed by atoms with Crippen molar-refractivity contribution in [3.8, 4) is 0 Å². The zero-order chi connectivity index (χ0) is 12.1. The highest BCUT2D eigenvalue weighted by atomic mass is 16.5. The Morgan fingerprint density at radius 3 is 2.69 bits per heavy atom. The second kappa shape index (κ2) is 6.01. The van der Waals surface area contributed by atoms with E-state index in [2.05, 4.69) is 17.9 Å². The molecule has 2 unspecified atom stereocenters. The van der Waals surface area contributed by atoms with Crippen LogP contribution in [0.4, 0.5) is 0 Å². The van der Waals surface area contributed by atoms with Crippen LogP contribution in [-0.4, -0.2) is 48.3 Å². The second-order valence-electron chi connectivity index (χ2n) is 4.42. The normalized spacial score (nSPS) is 24.8. The lowest BCUT2D eigenvalue weighted by Crippen LogP contribution is -2.43. The average Bonchev–Trinajstić information content (AvgIpc) is 2.67. The minimum absolute atomic E-state index is 0.0121. The van der Waals surface area contributed by atoms with Crippen LogP contribution in [0.2, 0.25) is 0 Å². The summed E-state index contributed by atoms with van der Waals surface area (Å²) in [6, 6.07) is 0.0121. The molecule has 0 amide bonds. The second-order valence-corrected chi connectivity index (χ2v) is 4.42. The molecule has 0 spiro atoms. The van der Waals surface area contributed by atoms with Gasteiger partial charge in [0, 0.05) is 12.6 Å². The van der Waals surface area contributed by atoms with E-state index in [1.165, 1.54) is 5.57 Å². The van der Waals surface area contributed by atoms with Crippen LogP contribution in [0.5, 0.6) is 0 Å². The fraction of sp³-hybridized carbons (Fsp3) is 0.750. The van der Waals surface area contributed by atoms with Gasteiger partial charge in [-0.05, 0) is 20.4 Å². The standard InChI is InChI=1S/C12H21NO3/c1-4-13(6-5-9(2)3)11-8-16-7-10(11)12(14)15/h5,10-11H,4,6-8H2,1-3H3,(H,14,15). The van der Waals surface area contributed by atoms with Crippen LogP contribution >= 0.6 is 0 Å². The lowest BCUT2D eigenvalue weighted by atomic mass is 10.0. The minimum Gasteiger partial charge on any atom is -0.481 e. The summed E-state index contributed by atoms with van der Waals surface area (Å²) >= 11 is 0. The van der Waals surface area contributed by atoms with Crippen molar-refractivity contribution in [1.29, 1.82) is 0 Å². The Balaban J connectivity index is 2.64. The molecule has 0 saturated carbocycles. The molecule has 2 atom stereocenters. The topological polar surface area (TPSA) is 49.8 Å². The van der Waals surface area contributed by atoms with E-state index in [1.807, 2.05) is 13.8 Å². The van der Waals surface area contributed by atoms with Crippen molar-refractivity contribution < 1.29 is 14.6 Å². The van der Waals surface area contributed by atoms with Crippen LogP contribution in [0, 0.1) is 5.92 Å². The monoisotopic (exact) mass is 227 g/mol. The highest BCUT2D eigenvalue weighted by molar-refractivity contribution is 5.71. The number of hydrogen-bond donors (Lipinski definition) is 1. The molecule has 1 aliphatic rings. The van der Waals surface area contributed by atoms with Crippen molar-refractivity contribution in [1.82, 2.24) is 4.90 Å². The molecule has 4 heteroatoms. The van der Waals surface area contributed by atoms with E-state index in [0.717, 1.165) is 13.1 Å². The van der Waals surface area contributed by atoms with Gasteiger partial charge >= 0.3 is 5.97 Å². The number of likely N-dealkylation sites (N-methyl/N-ethyl adjacent to an activating group) is 1. The van der Waals surface area contributed by atoms with E-state index < -0.39 is 5.97 Å². The molecule has 16 heavy (non-hydrogen) atoms. The fourth-order valence-corrected chi connectivity index (χ4v) is 1.94. The summed E-state index contributed by atoms with van der Waals surface area (Å²) in [4.78, 5) is 13.2. The summed E-state index contributed by atoms with van der Waals surface area (Å²) in [6.45, 7) is 8.67. The van der Waals surface area contributed by atoms with Crippen molar-refractivity contribution in [2.24, 2.45) is 5.92 Å². The first-order valence-corrected chi connectivity index (χ1v) is 5.74. The third kappa shape index (κ3) is 3.32. The third-order valence-corrected chi connectivity index (χ3v) is 2.98. The molecule has 1 saturated heterocycles. The first kappa shape index (κ1) is 13.2. The van der Waals surface area contributed by atoms with Crippen LogP contribution in [-0.2, 0) is 9.53 Å². The van der Waals surface area contributed by atoms with Crippen LogP contribution in [0.3, 0.4) is 0 Å². The molecule has 0 aromatic carbocycles. The maximum absolute atomic E-state index is 11.0. The molecule has 4 nitrogen and oxygen atoms in total. The number of hydrogen-bond acceptors (Lipinski definition) is 3. The highest BCUT2D eigenvalue weighted by Crippen LogP contribution is 2.20. The number of allylic oxidation sites excluding steroid dienone is 1. The first-order valence-electron chi connectivity index (χ1n) is 5.74. The molecule has 0 aliphatic carbocycles. The number of aliphatic carboxylic acids is 1. The van der Waals surface area contributed by atoms with Gasteiger partial charge in [0.25, 0.3) is 0 Å². The number of ether oxygens (including phenoxy) is 1. The van der Waals surface area contributed by atoms with Crippen molar-refractivity contribution in [2.75, 3.05) is 26.3 Å². The van der Waals surface area contributed by atoms with Crippen molar-refractivity contribution in [3.05, 3.63) is 11.6 Å². The van der Waals surface area contributed by atoms with Crippen molar-refractivity contribution >= 4 is 5.97 Å². The Kier molecular flexibility index (Phi) is 4.96. The maximum atomic E-state index is 11.0. The number of nitrogens with zero attached hydrogens (tertiary/aromatic N) is 1. The Morgan fingerprint density at radius 2 is 2.19 bits per heavy atom. The van der Waals surface area contributed by atoms with Crippen LogP contribution in [0.15, 0.2) is 11.6 Å². The van der Waals surface area contributed by atoms with Gasteiger partial charge in [0.1, 0.15) is 0 Å². The summed E-state index contributed by atoms with van der Waals surface area (Å²) in [6.07, 6.45) is 2.13. The molecule has 0 aromatic rings. The van der Waals surface area contributed by atoms with Crippen LogP contribution < -0.4 is 0 Å². The van der Waals surface area contributed by atoms with Gasteiger partial charge < -0.3 is 9.84 Å². The Morgan fingerprint density at radius 1 is 1.50 bits per heavy atom. The molecule has 1 aliphatic heterocycles. The lowest BCUT2D eigenvalue weighted by Gasteiger charge is -2.28.